The van der Waals surface area contributed by atoms with Gasteiger partial charge in [-0.15, -0.1) is 0 Å². The van der Waals surface area contributed by atoms with Crippen LogP contribution in [0.1, 0.15) is 67.7 Å². The fraction of sp³-hybridized carbons (Fsp3) is 1.00. The van der Waals surface area contributed by atoms with E-state index in [0.717, 1.165) is 53.3 Å². The molecule has 9 atom stereocenters. The van der Waals surface area contributed by atoms with E-state index in [1.165, 1.54) is 19.3 Å². The van der Waals surface area contributed by atoms with Crippen LogP contribution in [0, 0.1) is 53.3 Å². The van der Waals surface area contributed by atoms with Gasteiger partial charge < -0.3 is 0 Å². The van der Waals surface area contributed by atoms with Gasteiger partial charge in [0.2, 0.25) is 0 Å². The first-order valence-corrected chi connectivity index (χ1v) is 8.90. The minimum atomic E-state index is 0.903. The van der Waals surface area contributed by atoms with E-state index in [2.05, 4.69) is 48.5 Å². The molecule has 0 bridgehead atoms. The molecule has 0 heteroatoms. The van der Waals surface area contributed by atoms with Crippen LogP contribution in [0.2, 0.25) is 0 Å². The average molecular weight is 264 g/mol. The van der Waals surface area contributed by atoms with Gasteiger partial charge in [0.15, 0.2) is 0 Å². The summed E-state index contributed by atoms with van der Waals surface area (Å²) in [6.45, 7) is 17.6. The van der Waals surface area contributed by atoms with E-state index in [4.69, 9.17) is 0 Å². The predicted octanol–water partition coefficient (Wildman–Crippen LogP) is 5.87. The molecule has 0 aliphatic heterocycles. The summed E-state index contributed by atoms with van der Waals surface area (Å²) < 4.78 is 0. The van der Waals surface area contributed by atoms with Crippen molar-refractivity contribution < 1.29 is 0 Å². The summed E-state index contributed by atoms with van der Waals surface area (Å²) in [6, 6.07) is 0. The molecule has 9 unspecified atom stereocenters. The Morgan fingerprint density at radius 3 is 1.89 bits per heavy atom. The molecular formula is C19H36. The van der Waals surface area contributed by atoms with Crippen molar-refractivity contribution in [2.45, 2.75) is 67.7 Å². The number of rotatable bonds is 2. The lowest BCUT2D eigenvalue weighted by Gasteiger charge is -2.33. The van der Waals surface area contributed by atoms with E-state index in [0.29, 0.717) is 0 Å². The van der Waals surface area contributed by atoms with Crippen molar-refractivity contribution in [1.82, 2.24) is 0 Å². The second kappa shape index (κ2) is 5.78. The molecule has 19 heavy (non-hydrogen) atoms. The maximum absolute atomic E-state index is 2.56. The Balaban J connectivity index is 2.30. The van der Waals surface area contributed by atoms with Crippen LogP contribution in [0.3, 0.4) is 0 Å². The van der Waals surface area contributed by atoms with E-state index < -0.39 is 0 Å². The summed E-state index contributed by atoms with van der Waals surface area (Å²) in [5, 5.41) is 0. The van der Waals surface area contributed by atoms with Crippen molar-refractivity contribution in [1.29, 1.82) is 0 Å². The summed E-state index contributed by atoms with van der Waals surface area (Å²) >= 11 is 0. The number of hydrogen-bond acceptors (Lipinski definition) is 0. The second-order valence-corrected chi connectivity index (χ2v) is 8.20. The first-order chi connectivity index (χ1) is 8.90. The smallest absolute Gasteiger partial charge is 0.0326 e. The Morgan fingerprint density at radius 2 is 1.32 bits per heavy atom. The van der Waals surface area contributed by atoms with Gasteiger partial charge in [-0.3, -0.25) is 0 Å². The highest BCUT2D eigenvalue weighted by Gasteiger charge is 2.51. The lowest BCUT2D eigenvalue weighted by molar-refractivity contribution is 0.156. The van der Waals surface area contributed by atoms with Gasteiger partial charge in [-0.2, -0.15) is 0 Å². The van der Waals surface area contributed by atoms with Gasteiger partial charge in [-0.25, -0.2) is 0 Å². The van der Waals surface area contributed by atoms with Gasteiger partial charge in [0.1, 0.15) is 0 Å². The molecule has 0 heterocycles. The largest absolute Gasteiger partial charge is 0.0654 e. The monoisotopic (exact) mass is 264 g/mol. The molecule has 0 amide bonds. The molecule has 2 fully saturated rings. The minimum absolute atomic E-state index is 0.903. The van der Waals surface area contributed by atoms with E-state index in [1.54, 1.807) is 0 Å². The molecule has 0 radical (unpaired) electrons. The van der Waals surface area contributed by atoms with Gasteiger partial charge in [0.05, 0.1) is 0 Å². The van der Waals surface area contributed by atoms with Crippen molar-refractivity contribution in [3.63, 3.8) is 0 Å². The molecule has 2 aliphatic carbocycles. The molecule has 0 N–H and O–H groups in total. The molecule has 0 spiro atoms. The van der Waals surface area contributed by atoms with E-state index in [-0.39, 0.29) is 0 Å². The van der Waals surface area contributed by atoms with Crippen LogP contribution in [0.15, 0.2) is 0 Å². The summed E-state index contributed by atoms with van der Waals surface area (Å²) in [4.78, 5) is 0. The van der Waals surface area contributed by atoms with Gasteiger partial charge in [0, 0.05) is 0 Å². The highest BCUT2D eigenvalue weighted by molar-refractivity contribution is 4.99. The highest BCUT2D eigenvalue weighted by Crippen LogP contribution is 2.57. The van der Waals surface area contributed by atoms with Crippen LogP contribution in [0.5, 0.6) is 0 Å². The zero-order chi connectivity index (χ0) is 14.3. The standard InChI is InChI=1S/C19H36/c1-8-9-17-14(5)16(7)19-15(6)13(4)12(3)11(2)10-18(17)19/h11-19H,8-10H2,1-7H3. The molecule has 0 nitrogen and oxygen atoms in total. The third-order valence-electron chi connectivity index (χ3n) is 7.59. The second-order valence-electron chi connectivity index (χ2n) is 8.20. The van der Waals surface area contributed by atoms with Crippen molar-refractivity contribution in [3.8, 4) is 0 Å². The number of fused-ring (bicyclic) bond motifs is 1. The van der Waals surface area contributed by atoms with E-state index in [9.17, 15) is 0 Å². The lowest BCUT2D eigenvalue weighted by Crippen LogP contribution is -2.27. The minimum Gasteiger partial charge on any atom is -0.0654 e. The fourth-order valence-electron chi connectivity index (χ4n) is 5.81. The first kappa shape index (κ1) is 15.4. The molecule has 112 valence electrons. The van der Waals surface area contributed by atoms with Crippen LogP contribution in [0.4, 0.5) is 0 Å². The molecule has 2 aliphatic rings. The van der Waals surface area contributed by atoms with Gasteiger partial charge >= 0.3 is 0 Å². The Labute approximate surface area is 121 Å². The van der Waals surface area contributed by atoms with Crippen LogP contribution < -0.4 is 0 Å². The third-order valence-corrected chi connectivity index (χ3v) is 7.59. The number of hydrogen-bond donors (Lipinski definition) is 0. The summed E-state index contributed by atoms with van der Waals surface area (Å²) in [7, 11) is 0. The topological polar surface area (TPSA) is 0 Å². The van der Waals surface area contributed by atoms with Crippen LogP contribution in [-0.2, 0) is 0 Å². The van der Waals surface area contributed by atoms with Crippen molar-refractivity contribution in [3.05, 3.63) is 0 Å². The molecule has 0 saturated heterocycles. The Morgan fingerprint density at radius 1 is 0.737 bits per heavy atom. The Bertz CT molecular complexity index is 294. The lowest BCUT2D eigenvalue weighted by atomic mass is 9.73. The first-order valence-electron chi connectivity index (χ1n) is 8.90. The highest BCUT2D eigenvalue weighted by atomic mass is 14.6. The van der Waals surface area contributed by atoms with Crippen LogP contribution >= 0.6 is 0 Å². The van der Waals surface area contributed by atoms with E-state index >= 15 is 0 Å². The zero-order valence-corrected chi connectivity index (χ0v) is 14.3. The van der Waals surface area contributed by atoms with Crippen molar-refractivity contribution >= 4 is 0 Å². The zero-order valence-electron chi connectivity index (χ0n) is 14.3. The van der Waals surface area contributed by atoms with Gasteiger partial charge in [-0.05, 0) is 59.7 Å². The maximum atomic E-state index is 2.56. The maximum Gasteiger partial charge on any atom is -0.0326 e. The van der Waals surface area contributed by atoms with Crippen LogP contribution in [-0.4, -0.2) is 0 Å². The van der Waals surface area contributed by atoms with E-state index in [1.807, 2.05) is 0 Å². The molecule has 2 rings (SSSR count). The Kier molecular flexibility index (Phi) is 4.68. The normalized spacial score (nSPS) is 54.8. The molecule has 0 aromatic rings. The molecule has 2 saturated carbocycles. The molecule has 0 aromatic carbocycles. The Hall–Kier alpha value is 0. The van der Waals surface area contributed by atoms with Gasteiger partial charge in [-0.1, -0.05) is 61.3 Å². The van der Waals surface area contributed by atoms with Crippen molar-refractivity contribution in [2.24, 2.45) is 53.3 Å². The van der Waals surface area contributed by atoms with Crippen molar-refractivity contribution in [2.75, 3.05) is 0 Å². The fourth-order valence-corrected chi connectivity index (χ4v) is 5.81. The average Bonchev–Trinajstić information content (AvgIpc) is 2.56. The van der Waals surface area contributed by atoms with Gasteiger partial charge in [0.25, 0.3) is 0 Å². The predicted molar refractivity (Wildman–Crippen MR) is 85.0 cm³/mol. The summed E-state index contributed by atoms with van der Waals surface area (Å²) in [5.74, 6) is 8.56. The quantitative estimate of drug-likeness (QED) is 0.585. The van der Waals surface area contributed by atoms with Crippen LogP contribution in [0.25, 0.3) is 0 Å². The third kappa shape index (κ3) is 2.49. The summed E-state index contributed by atoms with van der Waals surface area (Å²) in [6.07, 6.45) is 4.34. The SMILES string of the molecule is CCCC1C(C)C(C)C2C(C)C(C)C(C)C(C)CC12. The summed E-state index contributed by atoms with van der Waals surface area (Å²) in [5.41, 5.74) is 0. The molecular weight excluding hydrogens is 228 g/mol. The molecule has 0 aromatic heterocycles.